The Labute approximate surface area is 146 Å². The number of halogens is 2. The predicted octanol–water partition coefficient (Wildman–Crippen LogP) is 6.80. The van der Waals surface area contributed by atoms with Crippen molar-refractivity contribution in [1.82, 2.24) is 0 Å². The van der Waals surface area contributed by atoms with E-state index in [1.807, 2.05) is 72.8 Å². The van der Waals surface area contributed by atoms with Crippen molar-refractivity contribution in [2.24, 2.45) is 0 Å². The van der Waals surface area contributed by atoms with Crippen LogP contribution >= 0.6 is 31.9 Å². The Kier molecular flexibility index (Phi) is 4.80. The summed E-state index contributed by atoms with van der Waals surface area (Å²) >= 11 is 7.05. The van der Waals surface area contributed by atoms with Crippen molar-refractivity contribution >= 4 is 31.9 Å². The second-order valence-electron chi connectivity index (χ2n) is 4.54. The zero-order valence-electron chi connectivity index (χ0n) is 11.5. The van der Waals surface area contributed by atoms with Gasteiger partial charge in [-0.2, -0.15) is 0 Å². The molecule has 0 atom stereocenters. The lowest BCUT2D eigenvalue weighted by atomic mass is 10.3. The highest BCUT2D eigenvalue weighted by atomic mass is 79.9. The van der Waals surface area contributed by atoms with Crippen LogP contribution in [0.25, 0.3) is 0 Å². The lowest BCUT2D eigenvalue weighted by molar-refractivity contribution is 0.464. The summed E-state index contributed by atoms with van der Waals surface area (Å²) in [5.74, 6) is 3.01. The Morgan fingerprint density at radius 2 is 0.909 bits per heavy atom. The van der Waals surface area contributed by atoms with Gasteiger partial charge < -0.3 is 9.47 Å². The number of hydrogen-bond donors (Lipinski definition) is 0. The molecule has 0 aliphatic carbocycles. The van der Waals surface area contributed by atoms with Crippen molar-refractivity contribution in [2.75, 3.05) is 0 Å². The molecule has 0 amide bonds. The molecule has 3 aromatic rings. The van der Waals surface area contributed by atoms with Crippen LogP contribution in [0.2, 0.25) is 0 Å². The Morgan fingerprint density at radius 3 is 1.27 bits per heavy atom. The first-order valence-electron chi connectivity index (χ1n) is 6.67. The fraction of sp³-hybridized carbons (Fsp3) is 0. The first kappa shape index (κ1) is 15.1. The fourth-order valence-corrected chi connectivity index (χ4v) is 2.70. The van der Waals surface area contributed by atoms with Gasteiger partial charge in [-0.3, -0.25) is 0 Å². The van der Waals surface area contributed by atoms with Crippen LogP contribution in [0.3, 0.4) is 0 Å². The van der Waals surface area contributed by atoms with E-state index in [1.54, 1.807) is 0 Å². The number of para-hydroxylation sites is 2. The van der Waals surface area contributed by atoms with Crippen LogP contribution in [-0.2, 0) is 0 Å². The summed E-state index contributed by atoms with van der Waals surface area (Å²) in [6, 6.07) is 23.1. The van der Waals surface area contributed by atoms with Crippen LogP contribution in [0, 0.1) is 0 Å². The molecule has 0 bridgehead atoms. The van der Waals surface area contributed by atoms with Crippen LogP contribution in [0.5, 0.6) is 23.0 Å². The second kappa shape index (κ2) is 6.99. The van der Waals surface area contributed by atoms with E-state index in [1.165, 1.54) is 0 Å². The molecule has 0 radical (unpaired) electrons. The molecule has 3 aromatic carbocycles. The van der Waals surface area contributed by atoms with Crippen molar-refractivity contribution in [3.63, 3.8) is 0 Å². The quantitative estimate of drug-likeness (QED) is 0.463. The van der Waals surface area contributed by atoms with E-state index in [-0.39, 0.29) is 0 Å². The highest BCUT2D eigenvalue weighted by molar-refractivity contribution is 9.11. The number of benzene rings is 3. The first-order chi connectivity index (χ1) is 10.7. The van der Waals surface area contributed by atoms with Crippen LogP contribution in [0.1, 0.15) is 0 Å². The summed E-state index contributed by atoms with van der Waals surface area (Å²) in [7, 11) is 0. The van der Waals surface area contributed by atoms with Crippen LogP contribution in [-0.4, -0.2) is 0 Å². The molecule has 2 nitrogen and oxygen atoms in total. The molecule has 4 heteroatoms. The van der Waals surface area contributed by atoms with Crippen molar-refractivity contribution in [2.45, 2.75) is 0 Å². The van der Waals surface area contributed by atoms with Crippen molar-refractivity contribution in [3.8, 4) is 23.0 Å². The van der Waals surface area contributed by atoms with Gasteiger partial charge in [0.05, 0.1) is 8.95 Å². The van der Waals surface area contributed by atoms with Gasteiger partial charge >= 0.3 is 0 Å². The van der Waals surface area contributed by atoms with E-state index in [9.17, 15) is 0 Å². The molecule has 0 saturated heterocycles. The molecule has 3 rings (SSSR count). The maximum atomic E-state index is 5.86. The van der Waals surface area contributed by atoms with Gasteiger partial charge in [0.15, 0.2) is 0 Å². The Morgan fingerprint density at radius 1 is 0.545 bits per heavy atom. The van der Waals surface area contributed by atoms with Crippen LogP contribution in [0.4, 0.5) is 0 Å². The summed E-state index contributed by atoms with van der Waals surface area (Å²) in [5, 5.41) is 0. The van der Waals surface area contributed by atoms with E-state index in [4.69, 9.17) is 9.47 Å². The fourth-order valence-electron chi connectivity index (χ4n) is 1.90. The Balaban J connectivity index is 1.85. The third kappa shape index (κ3) is 3.70. The number of rotatable bonds is 4. The van der Waals surface area contributed by atoms with Crippen molar-refractivity contribution < 1.29 is 9.47 Å². The Hall–Kier alpha value is -1.78. The zero-order valence-corrected chi connectivity index (χ0v) is 14.7. The smallest absolute Gasteiger partial charge is 0.143 e. The monoisotopic (exact) mass is 418 g/mol. The SMILES string of the molecule is Brc1cc(Oc2ccccc2)c(Br)cc1Oc1ccccc1. The van der Waals surface area contributed by atoms with E-state index in [0.29, 0.717) is 0 Å². The van der Waals surface area contributed by atoms with Gasteiger partial charge in [-0.05, 0) is 68.3 Å². The molecule has 0 aromatic heterocycles. The minimum absolute atomic E-state index is 0.721. The molecule has 0 unspecified atom stereocenters. The van der Waals surface area contributed by atoms with E-state index in [0.717, 1.165) is 31.9 Å². The molecule has 0 N–H and O–H groups in total. The van der Waals surface area contributed by atoms with Gasteiger partial charge in [0.1, 0.15) is 23.0 Å². The molecule has 0 spiro atoms. The van der Waals surface area contributed by atoms with E-state index in [2.05, 4.69) is 31.9 Å². The summed E-state index contributed by atoms with van der Waals surface area (Å²) in [6.07, 6.45) is 0. The molecule has 0 aliphatic heterocycles. The van der Waals surface area contributed by atoms with Crippen LogP contribution in [0.15, 0.2) is 81.7 Å². The first-order valence-corrected chi connectivity index (χ1v) is 8.26. The summed E-state index contributed by atoms with van der Waals surface area (Å²) in [4.78, 5) is 0. The summed E-state index contributed by atoms with van der Waals surface area (Å²) < 4.78 is 13.4. The number of ether oxygens (including phenoxy) is 2. The highest BCUT2D eigenvalue weighted by Crippen LogP contribution is 2.39. The predicted molar refractivity (Wildman–Crippen MR) is 94.9 cm³/mol. The second-order valence-corrected chi connectivity index (χ2v) is 6.25. The minimum Gasteiger partial charge on any atom is -0.456 e. The third-order valence-corrected chi connectivity index (χ3v) is 4.17. The largest absolute Gasteiger partial charge is 0.456 e. The van der Waals surface area contributed by atoms with Crippen molar-refractivity contribution in [1.29, 1.82) is 0 Å². The van der Waals surface area contributed by atoms with Gasteiger partial charge in [0.25, 0.3) is 0 Å². The number of hydrogen-bond acceptors (Lipinski definition) is 2. The molecule has 0 saturated carbocycles. The van der Waals surface area contributed by atoms with Crippen LogP contribution < -0.4 is 9.47 Å². The van der Waals surface area contributed by atoms with Gasteiger partial charge in [-0.25, -0.2) is 0 Å². The third-order valence-electron chi connectivity index (χ3n) is 2.93. The molecule has 22 heavy (non-hydrogen) atoms. The van der Waals surface area contributed by atoms with E-state index >= 15 is 0 Å². The van der Waals surface area contributed by atoms with E-state index < -0.39 is 0 Å². The molecule has 0 aliphatic rings. The average molecular weight is 420 g/mol. The molecule has 110 valence electrons. The average Bonchev–Trinajstić information content (AvgIpc) is 2.54. The topological polar surface area (TPSA) is 18.5 Å². The van der Waals surface area contributed by atoms with Gasteiger partial charge in [0, 0.05) is 0 Å². The van der Waals surface area contributed by atoms with Gasteiger partial charge in [0.2, 0.25) is 0 Å². The lowest BCUT2D eigenvalue weighted by Gasteiger charge is -2.12. The molecular formula is C18H12Br2O2. The van der Waals surface area contributed by atoms with Crippen molar-refractivity contribution in [3.05, 3.63) is 81.7 Å². The van der Waals surface area contributed by atoms with Gasteiger partial charge in [-0.1, -0.05) is 36.4 Å². The Bertz CT molecular complexity index is 692. The normalized spacial score (nSPS) is 10.3. The minimum atomic E-state index is 0.721. The lowest BCUT2D eigenvalue weighted by Crippen LogP contribution is -1.89. The summed E-state index contributed by atoms with van der Waals surface area (Å²) in [5.41, 5.74) is 0. The van der Waals surface area contributed by atoms with Gasteiger partial charge in [-0.15, -0.1) is 0 Å². The zero-order chi connectivity index (χ0) is 15.4. The maximum Gasteiger partial charge on any atom is 0.143 e. The highest BCUT2D eigenvalue weighted by Gasteiger charge is 2.10. The maximum absolute atomic E-state index is 5.86. The molecular weight excluding hydrogens is 408 g/mol. The molecule has 0 fully saturated rings. The summed E-state index contributed by atoms with van der Waals surface area (Å²) in [6.45, 7) is 0. The standard InChI is InChI=1S/C18H12Br2O2/c19-15-12-18(22-14-9-5-2-6-10-14)16(20)11-17(15)21-13-7-3-1-4-8-13/h1-12H. The molecule has 0 heterocycles.